The number of rotatable bonds is 3. The number of amides is 1. The van der Waals surface area contributed by atoms with Gasteiger partial charge in [-0.05, 0) is 24.3 Å². The first-order chi connectivity index (χ1) is 10.2. The Hall–Kier alpha value is -3.09. The zero-order valence-corrected chi connectivity index (χ0v) is 10.8. The van der Waals surface area contributed by atoms with Crippen molar-refractivity contribution in [2.45, 2.75) is 0 Å². The third-order valence-electron chi connectivity index (χ3n) is 2.81. The molecule has 0 aliphatic heterocycles. The Morgan fingerprint density at radius 3 is 2.76 bits per heavy atom. The fraction of sp³-hybridized carbons (Fsp3) is 0. The molecule has 104 valence electrons. The summed E-state index contributed by atoms with van der Waals surface area (Å²) in [7, 11) is 0. The second-order valence-corrected chi connectivity index (χ2v) is 4.19. The summed E-state index contributed by atoms with van der Waals surface area (Å²) in [4.78, 5) is 15.6. The first-order valence-electron chi connectivity index (χ1n) is 6.12. The summed E-state index contributed by atoms with van der Waals surface area (Å²) in [6.45, 7) is 0. The molecule has 0 spiro atoms. The van der Waals surface area contributed by atoms with Crippen molar-refractivity contribution in [2.75, 3.05) is 5.32 Å². The van der Waals surface area contributed by atoms with Gasteiger partial charge < -0.3 is 5.32 Å². The first kappa shape index (κ1) is 12.9. The van der Waals surface area contributed by atoms with Gasteiger partial charge >= 0.3 is 0 Å². The van der Waals surface area contributed by atoms with E-state index in [1.54, 1.807) is 35.3 Å². The van der Waals surface area contributed by atoms with Crippen molar-refractivity contribution in [1.29, 1.82) is 0 Å². The predicted molar refractivity (Wildman–Crippen MR) is 73.5 cm³/mol. The highest BCUT2D eigenvalue weighted by Gasteiger charge is 2.10. The number of hydrogen-bond donors (Lipinski definition) is 1. The van der Waals surface area contributed by atoms with Crippen LogP contribution in [-0.2, 0) is 0 Å². The van der Waals surface area contributed by atoms with E-state index in [-0.39, 0.29) is 11.5 Å². The highest BCUT2D eigenvalue weighted by atomic mass is 19.1. The summed E-state index contributed by atoms with van der Waals surface area (Å²) < 4.78 is 14.3. The number of hydrogen-bond acceptors (Lipinski definition) is 4. The lowest BCUT2D eigenvalue weighted by molar-refractivity contribution is 0.102. The molecule has 1 amide bonds. The molecule has 2 aromatic heterocycles. The number of aromatic nitrogens is 4. The SMILES string of the molecule is O=C(Nc1ccccc1-n1ccnn1)c1ccc(F)nc1. The molecule has 0 radical (unpaired) electrons. The minimum absolute atomic E-state index is 0.268. The fourth-order valence-corrected chi connectivity index (χ4v) is 1.82. The summed E-state index contributed by atoms with van der Waals surface area (Å²) in [6, 6.07) is 9.66. The Labute approximate surface area is 119 Å². The fourth-order valence-electron chi connectivity index (χ4n) is 1.82. The second kappa shape index (κ2) is 5.49. The normalized spacial score (nSPS) is 10.3. The molecule has 0 aliphatic carbocycles. The van der Waals surface area contributed by atoms with Crippen molar-refractivity contribution in [3.8, 4) is 5.69 Å². The third-order valence-corrected chi connectivity index (χ3v) is 2.81. The van der Waals surface area contributed by atoms with E-state index in [0.29, 0.717) is 11.4 Å². The van der Waals surface area contributed by atoms with Crippen molar-refractivity contribution in [1.82, 2.24) is 20.0 Å². The van der Waals surface area contributed by atoms with Crippen LogP contribution in [0.1, 0.15) is 10.4 Å². The number of carbonyl (C=O) groups is 1. The van der Waals surface area contributed by atoms with Crippen LogP contribution in [-0.4, -0.2) is 25.9 Å². The Morgan fingerprint density at radius 1 is 1.19 bits per heavy atom. The monoisotopic (exact) mass is 283 g/mol. The number of halogens is 1. The molecular weight excluding hydrogens is 273 g/mol. The minimum atomic E-state index is -0.630. The van der Waals surface area contributed by atoms with Crippen molar-refractivity contribution in [3.05, 3.63) is 66.5 Å². The third kappa shape index (κ3) is 2.76. The van der Waals surface area contributed by atoms with Gasteiger partial charge in [0, 0.05) is 6.20 Å². The molecule has 3 aromatic rings. The van der Waals surface area contributed by atoms with Gasteiger partial charge in [0.25, 0.3) is 5.91 Å². The molecule has 1 aromatic carbocycles. The van der Waals surface area contributed by atoms with Gasteiger partial charge in [0.05, 0.1) is 29.3 Å². The van der Waals surface area contributed by atoms with Gasteiger partial charge in [-0.3, -0.25) is 4.79 Å². The van der Waals surface area contributed by atoms with Gasteiger partial charge in [0.2, 0.25) is 5.95 Å². The van der Waals surface area contributed by atoms with Crippen LogP contribution in [0, 0.1) is 5.95 Å². The molecule has 0 saturated heterocycles. The zero-order chi connectivity index (χ0) is 14.7. The van der Waals surface area contributed by atoms with Gasteiger partial charge in [-0.2, -0.15) is 4.39 Å². The van der Waals surface area contributed by atoms with E-state index in [2.05, 4.69) is 20.6 Å². The van der Waals surface area contributed by atoms with Crippen LogP contribution >= 0.6 is 0 Å². The summed E-state index contributed by atoms with van der Waals surface area (Å²) in [5.41, 5.74) is 1.51. The molecule has 0 aliphatic rings. The smallest absolute Gasteiger partial charge is 0.257 e. The van der Waals surface area contributed by atoms with E-state index in [1.807, 2.05) is 6.07 Å². The second-order valence-electron chi connectivity index (χ2n) is 4.19. The van der Waals surface area contributed by atoms with E-state index in [4.69, 9.17) is 0 Å². The Morgan fingerprint density at radius 2 is 2.05 bits per heavy atom. The number of para-hydroxylation sites is 2. The zero-order valence-electron chi connectivity index (χ0n) is 10.8. The minimum Gasteiger partial charge on any atom is -0.320 e. The largest absolute Gasteiger partial charge is 0.320 e. The number of benzene rings is 1. The van der Waals surface area contributed by atoms with Crippen LogP contribution in [0.5, 0.6) is 0 Å². The van der Waals surface area contributed by atoms with Gasteiger partial charge in [-0.25, -0.2) is 9.67 Å². The van der Waals surface area contributed by atoms with Crippen molar-refractivity contribution in [3.63, 3.8) is 0 Å². The average Bonchev–Trinajstić information content (AvgIpc) is 3.02. The summed E-state index contributed by atoms with van der Waals surface area (Å²) in [5, 5.41) is 10.4. The van der Waals surface area contributed by atoms with Crippen LogP contribution in [0.25, 0.3) is 5.69 Å². The summed E-state index contributed by atoms with van der Waals surface area (Å²) in [5.74, 6) is -1.01. The van der Waals surface area contributed by atoms with Crippen molar-refractivity contribution < 1.29 is 9.18 Å². The van der Waals surface area contributed by atoms with Crippen molar-refractivity contribution in [2.24, 2.45) is 0 Å². The van der Waals surface area contributed by atoms with Crippen LogP contribution < -0.4 is 5.32 Å². The van der Waals surface area contributed by atoms with Crippen molar-refractivity contribution >= 4 is 11.6 Å². The number of nitrogens with one attached hydrogen (secondary N) is 1. The van der Waals surface area contributed by atoms with E-state index >= 15 is 0 Å². The van der Waals surface area contributed by atoms with E-state index < -0.39 is 5.95 Å². The number of anilines is 1. The maximum absolute atomic E-state index is 12.8. The lowest BCUT2D eigenvalue weighted by atomic mass is 10.2. The average molecular weight is 283 g/mol. The maximum atomic E-state index is 12.8. The molecule has 1 N–H and O–H groups in total. The molecule has 0 atom stereocenters. The molecule has 2 heterocycles. The summed E-state index contributed by atoms with van der Waals surface area (Å²) >= 11 is 0. The van der Waals surface area contributed by atoms with E-state index in [0.717, 1.165) is 6.07 Å². The van der Waals surface area contributed by atoms with Gasteiger partial charge in [0.1, 0.15) is 0 Å². The topological polar surface area (TPSA) is 72.7 Å². The highest BCUT2D eigenvalue weighted by molar-refractivity contribution is 6.05. The maximum Gasteiger partial charge on any atom is 0.257 e. The number of carbonyl (C=O) groups excluding carboxylic acids is 1. The highest BCUT2D eigenvalue weighted by Crippen LogP contribution is 2.19. The lowest BCUT2D eigenvalue weighted by Crippen LogP contribution is -2.14. The van der Waals surface area contributed by atoms with Gasteiger partial charge in [-0.1, -0.05) is 17.3 Å². The van der Waals surface area contributed by atoms with Crippen LogP contribution in [0.2, 0.25) is 0 Å². The molecule has 0 bridgehead atoms. The first-order valence-corrected chi connectivity index (χ1v) is 6.12. The molecule has 0 fully saturated rings. The summed E-state index contributed by atoms with van der Waals surface area (Å²) in [6.07, 6.45) is 4.40. The molecule has 21 heavy (non-hydrogen) atoms. The molecule has 0 unspecified atom stereocenters. The van der Waals surface area contributed by atoms with Gasteiger partial charge in [0.15, 0.2) is 0 Å². The Bertz CT molecular complexity index is 755. The predicted octanol–water partition coefficient (Wildman–Crippen LogP) is 2.05. The molecule has 7 heteroatoms. The molecule has 3 rings (SSSR count). The Kier molecular flexibility index (Phi) is 3.38. The van der Waals surface area contributed by atoms with Crippen LogP contribution in [0.4, 0.5) is 10.1 Å². The standard InChI is InChI=1S/C14H10FN5O/c15-13-6-5-10(9-16-13)14(21)18-11-3-1-2-4-12(11)20-8-7-17-19-20/h1-9H,(H,18,21). The van der Waals surface area contributed by atoms with Crippen LogP contribution in [0.15, 0.2) is 55.0 Å². The van der Waals surface area contributed by atoms with E-state index in [9.17, 15) is 9.18 Å². The molecular formula is C14H10FN5O. The molecule has 0 saturated carbocycles. The van der Waals surface area contributed by atoms with Gasteiger partial charge in [-0.15, -0.1) is 5.10 Å². The quantitative estimate of drug-likeness (QED) is 0.747. The lowest BCUT2D eigenvalue weighted by Gasteiger charge is -2.10. The number of pyridine rings is 1. The molecule has 6 nitrogen and oxygen atoms in total. The van der Waals surface area contributed by atoms with Crippen LogP contribution in [0.3, 0.4) is 0 Å². The van der Waals surface area contributed by atoms with E-state index in [1.165, 1.54) is 12.3 Å². The Balaban J connectivity index is 1.88. The number of nitrogens with zero attached hydrogens (tertiary/aromatic N) is 4.